The molecule has 0 saturated carbocycles. The smallest absolute Gasteiger partial charge is 0.0642 e. The molecule has 0 radical (unpaired) electrons. The van der Waals surface area contributed by atoms with Gasteiger partial charge in [-0.05, 0) is 51.8 Å². The Kier molecular flexibility index (Phi) is 4.84. The number of aryl methyl sites for hydroxylation is 1. The number of ether oxygens (including phenoxy) is 1. The van der Waals surface area contributed by atoms with Gasteiger partial charge in [0.2, 0.25) is 0 Å². The minimum Gasteiger partial charge on any atom is -0.381 e. The van der Waals surface area contributed by atoms with E-state index in [4.69, 9.17) is 16.3 Å². The molecule has 0 aliphatic carbocycles. The van der Waals surface area contributed by atoms with Crippen molar-refractivity contribution in [3.63, 3.8) is 0 Å². The van der Waals surface area contributed by atoms with Crippen molar-refractivity contribution in [2.45, 2.75) is 45.8 Å². The van der Waals surface area contributed by atoms with Crippen LogP contribution in [0.25, 0.3) is 0 Å². The molecule has 0 aromatic heterocycles. The van der Waals surface area contributed by atoms with E-state index in [2.05, 4.69) is 39.1 Å². The van der Waals surface area contributed by atoms with Crippen LogP contribution in [0, 0.1) is 6.92 Å². The molecule has 3 heteroatoms. The number of hydrogen-bond acceptors (Lipinski definition) is 2. The van der Waals surface area contributed by atoms with Crippen LogP contribution >= 0.6 is 11.6 Å². The highest BCUT2D eigenvalue weighted by atomic mass is 35.5. The molecule has 2 nitrogen and oxygen atoms in total. The lowest BCUT2D eigenvalue weighted by molar-refractivity contribution is 0.0128. The van der Waals surface area contributed by atoms with Crippen molar-refractivity contribution in [3.8, 4) is 0 Å². The quantitative estimate of drug-likeness (QED) is 0.849. The number of anilines is 1. The van der Waals surface area contributed by atoms with Crippen molar-refractivity contribution in [2.75, 3.05) is 12.4 Å². The van der Waals surface area contributed by atoms with Crippen LogP contribution < -0.4 is 5.32 Å². The van der Waals surface area contributed by atoms with E-state index in [1.807, 2.05) is 12.1 Å². The molecule has 0 amide bonds. The van der Waals surface area contributed by atoms with Crippen LogP contribution in [0.5, 0.6) is 0 Å². The molecular formula is C14H22ClNO. The molecule has 0 fully saturated rings. The predicted molar refractivity (Wildman–Crippen MR) is 75.0 cm³/mol. The molecule has 1 atom stereocenters. The van der Waals surface area contributed by atoms with Crippen LogP contribution in [0.1, 0.15) is 32.8 Å². The Labute approximate surface area is 109 Å². The Morgan fingerprint density at radius 2 is 2.06 bits per heavy atom. The fraction of sp³-hybridized carbons (Fsp3) is 0.571. The highest BCUT2D eigenvalue weighted by Gasteiger charge is 2.20. The van der Waals surface area contributed by atoms with Crippen molar-refractivity contribution in [1.82, 2.24) is 0 Å². The number of hydrogen-bond donors (Lipinski definition) is 1. The first kappa shape index (κ1) is 14.3. The topological polar surface area (TPSA) is 21.3 Å². The van der Waals surface area contributed by atoms with Crippen molar-refractivity contribution < 1.29 is 4.74 Å². The fourth-order valence-corrected chi connectivity index (χ4v) is 2.06. The highest BCUT2D eigenvalue weighted by molar-refractivity contribution is 6.33. The summed E-state index contributed by atoms with van der Waals surface area (Å²) in [5, 5.41) is 4.19. The average Bonchev–Trinajstić information content (AvgIpc) is 2.23. The fourth-order valence-electron chi connectivity index (χ4n) is 1.89. The number of nitrogens with one attached hydrogen (secondary N) is 1. The van der Waals surface area contributed by atoms with E-state index in [0.717, 1.165) is 17.1 Å². The minimum absolute atomic E-state index is 0.122. The lowest BCUT2D eigenvalue weighted by Gasteiger charge is -2.28. The lowest BCUT2D eigenvalue weighted by Crippen LogP contribution is -2.31. The van der Waals surface area contributed by atoms with Gasteiger partial charge in [-0.25, -0.2) is 0 Å². The number of methoxy groups -OCH3 is 1. The van der Waals surface area contributed by atoms with E-state index < -0.39 is 0 Å². The molecule has 17 heavy (non-hydrogen) atoms. The summed E-state index contributed by atoms with van der Waals surface area (Å²) in [6, 6.07) is 6.31. The third kappa shape index (κ3) is 4.57. The molecular weight excluding hydrogens is 234 g/mol. The largest absolute Gasteiger partial charge is 0.381 e. The van der Waals surface area contributed by atoms with Crippen LogP contribution in [0.4, 0.5) is 5.69 Å². The van der Waals surface area contributed by atoms with Gasteiger partial charge in [-0.2, -0.15) is 0 Å². The maximum Gasteiger partial charge on any atom is 0.0642 e. The molecule has 0 aliphatic rings. The maximum atomic E-state index is 6.15. The van der Waals surface area contributed by atoms with Crippen molar-refractivity contribution >= 4 is 17.3 Å². The molecule has 1 unspecified atom stereocenters. The summed E-state index contributed by atoms with van der Waals surface area (Å²) in [5.74, 6) is 0. The molecule has 0 heterocycles. The van der Waals surface area contributed by atoms with Crippen LogP contribution in [0.3, 0.4) is 0 Å². The third-order valence-electron chi connectivity index (χ3n) is 2.87. The first-order valence-electron chi connectivity index (χ1n) is 5.92. The monoisotopic (exact) mass is 255 g/mol. The second-order valence-corrected chi connectivity index (χ2v) is 5.60. The summed E-state index contributed by atoms with van der Waals surface area (Å²) in [4.78, 5) is 0. The Bertz CT molecular complexity index is 376. The Balaban J connectivity index is 2.68. The van der Waals surface area contributed by atoms with Gasteiger partial charge >= 0.3 is 0 Å². The summed E-state index contributed by atoms with van der Waals surface area (Å²) in [6.07, 6.45) is 0.924. The maximum absolute atomic E-state index is 6.15. The number of rotatable bonds is 5. The van der Waals surface area contributed by atoms with Crippen molar-refractivity contribution in [1.29, 1.82) is 0 Å². The van der Waals surface area contributed by atoms with Crippen LogP contribution in [-0.4, -0.2) is 18.8 Å². The zero-order chi connectivity index (χ0) is 13.1. The molecule has 0 spiro atoms. The Morgan fingerprint density at radius 1 is 1.41 bits per heavy atom. The number of benzene rings is 1. The molecule has 1 aromatic rings. The summed E-state index contributed by atoms with van der Waals surface area (Å²) < 4.78 is 5.43. The Morgan fingerprint density at radius 3 is 2.65 bits per heavy atom. The molecule has 1 rings (SSSR count). The van der Waals surface area contributed by atoms with Gasteiger partial charge in [-0.1, -0.05) is 17.7 Å². The second kappa shape index (κ2) is 5.74. The van der Waals surface area contributed by atoms with Gasteiger partial charge < -0.3 is 10.1 Å². The van der Waals surface area contributed by atoms with Crippen molar-refractivity contribution in [3.05, 3.63) is 28.8 Å². The minimum atomic E-state index is -0.122. The van der Waals surface area contributed by atoms with Crippen molar-refractivity contribution in [2.24, 2.45) is 0 Å². The van der Waals surface area contributed by atoms with Crippen LogP contribution in [0.15, 0.2) is 18.2 Å². The van der Waals surface area contributed by atoms with Gasteiger partial charge in [0.25, 0.3) is 0 Å². The normalized spacial score (nSPS) is 13.5. The summed E-state index contributed by atoms with van der Waals surface area (Å²) in [7, 11) is 1.74. The third-order valence-corrected chi connectivity index (χ3v) is 3.20. The summed E-state index contributed by atoms with van der Waals surface area (Å²) in [5.41, 5.74) is 2.07. The van der Waals surface area contributed by atoms with E-state index in [-0.39, 0.29) is 5.60 Å². The second-order valence-electron chi connectivity index (χ2n) is 5.20. The van der Waals surface area contributed by atoms with E-state index in [1.54, 1.807) is 7.11 Å². The van der Waals surface area contributed by atoms with Gasteiger partial charge in [0, 0.05) is 13.2 Å². The van der Waals surface area contributed by atoms with Crippen LogP contribution in [0.2, 0.25) is 5.02 Å². The van der Waals surface area contributed by atoms with E-state index >= 15 is 0 Å². The summed E-state index contributed by atoms with van der Waals surface area (Å²) >= 11 is 6.15. The first-order valence-corrected chi connectivity index (χ1v) is 6.30. The van der Waals surface area contributed by atoms with Gasteiger partial charge in [0.05, 0.1) is 16.3 Å². The number of halogens is 1. The Hall–Kier alpha value is -0.730. The van der Waals surface area contributed by atoms with Gasteiger partial charge in [-0.3, -0.25) is 0 Å². The lowest BCUT2D eigenvalue weighted by atomic mass is 9.99. The predicted octanol–water partition coefficient (Wildman–Crippen LogP) is 4.26. The standard InChI is InChI=1S/C14H22ClNO/c1-10-6-7-12(15)13(8-10)16-11(2)9-14(3,4)17-5/h6-8,11,16H,9H2,1-5H3. The molecule has 96 valence electrons. The molecule has 0 saturated heterocycles. The molecule has 1 aromatic carbocycles. The van der Waals surface area contributed by atoms with Gasteiger partial charge in [-0.15, -0.1) is 0 Å². The first-order chi connectivity index (χ1) is 7.84. The van der Waals surface area contributed by atoms with E-state index in [1.165, 1.54) is 5.56 Å². The zero-order valence-electron chi connectivity index (χ0n) is 11.3. The molecule has 0 aliphatic heterocycles. The summed E-state index contributed by atoms with van der Waals surface area (Å²) in [6.45, 7) is 8.37. The SMILES string of the molecule is COC(C)(C)CC(C)Nc1cc(C)ccc1Cl. The van der Waals surface area contributed by atoms with Gasteiger partial charge in [0.1, 0.15) is 0 Å². The molecule has 0 bridgehead atoms. The average molecular weight is 256 g/mol. The van der Waals surface area contributed by atoms with Gasteiger partial charge in [0.15, 0.2) is 0 Å². The zero-order valence-corrected chi connectivity index (χ0v) is 12.1. The van der Waals surface area contributed by atoms with E-state index in [9.17, 15) is 0 Å². The molecule has 1 N–H and O–H groups in total. The van der Waals surface area contributed by atoms with E-state index in [0.29, 0.717) is 6.04 Å². The van der Waals surface area contributed by atoms with Crippen LogP contribution in [-0.2, 0) is 4.74 Å². The highest BCUT2D eigenvalue weighted by Crippen LogP contribution is 2.25.